The molecule has 0 heterocycles. The summed E-state index contributed by atoms with van der Waals surface area (Å²) in [7, 11) is 0. The van der Waals surface area contributed by atoms with Crippen molar-refractivity contribution in [3.63, 3.8) is 0 Å². The van der Waals surface area contributed by atoms with Crippen molar-refractivity contribution in [2.24, 2.45) is 0 Å². The van der Waals surface area contributed by atoms with Crippen LogP contribution in [-0.4, -0.2) is 47.5 Å². The third-order valence-corrected chi connectivity index (χ3v) is 0. The van der Waals surface area contributed by atoms with Crippen molar-refractivity contribution in [1.82, 2.24) is 0 Å². The molecule has 0 aliphatic heterocycles. The van der Waals surface area contributed by atoms with Gasteiger partial charge in [0, 0.05) is 0 Å². The van der Waals surface area contributed by atoms with Crippen molar-refractivity contribution < 1.29 is 97.7 Å². The summed E-state index contributed by atoms with van der Waals surface area (Å²) in [5.41, 5.74) is 0. The Hall–Kier alpha value is 6.58. The molecule has 0 aliphatic rings. The molecular formula is H2I4InNaScTl. The van der Waals surface area contributed by atoms with Gasteiger partial charge in [0.05, 0.1) is 0 Å². The fourth-order valence-corrected chi connectivity index (χ4v) is 0. The molecule has 8 heavy (non-hydrogen) atoms. The molecule has 0 aliphatic carbocycles. The van der Waals surface area contributed by atoms with E-state index in [2.05, 4.69) is 36.3 Å². The first-order valence-corrected chi connectivity index (χ1v) is 23.0. The molecular weight excluding hydrogens is 895 g/mol. The van der Waals surface area contributed by atoms with Gasteiger partial charge in [0.15, 0.2) is 0 Å². The van der Waals surface area contributed by atoms with Crippen LogP contribution in [0.4, 0.5) is 0 Å². The first-order valence-electron chi connectivity index (χ1n) is 0.596. The summed E-state index contributed by atoms with van der Waals surface area (Å²) in [4.78, 5) is 0. The maximum Gasteiger partial charge on any atom is 1.00 e. The van der Waals surface area contributed by atoms with Crippen LogP contribution in [0, 0.1) is 0 Å². The third-order valence-electron chi connectivity index (χ3n) is 0. The molecule has 0 atom stereocenters. The second kappa shape index (κ2) is 49.6. The van der Waals surface area contributed by atoms with Gasteiger partial charge in [0.25, 0.3) is 0 Å². The first-order chi connectivity index (χ1) is 2.00. The molecule has 0 amide bonds. The second-order valence-corrected chi connectivity index (χ2v) is 0. The van der Waals surface area contributed by atoms with E-state index in [0.29, 0.717) is 0 Å². The molecule has 0 rings (SSSR count). The quantitative estimate of drug-likeness (QED) is 0.168. The maximum absolute atomic E-state index is 2.36. The molecule has 0 spiro atoms. The van der Waals surface area contributed by atoms with E-state index in [0.717, 1.165) is 20.2 Å². The van der Waals surface area contributed by atoms with Gasteiger partial charge in [-0.25, -0.2) is 0 Å². The number of hydrogen-bond acceptors (Lipinski definition) is 0. The molecule has 0 saturated heterocycles. The monoisotopic (exact) mass is 897 g/mol. The van der Waals surface area contributed by atoms with Gasteiger partial charge in [-0.3, -0.25) is 0 Å². The zero-order valence-corrected chi connectivity index (χ0v) is 27.3. The van der Waals surface area contributed by atoms with E-state index in [1.807, 2.05) is 0 Å². The van der Waals surface area contributed by atoms with Crippen molar-refractivity contribution in [2.45, 2.75) is 0 Å². The summed E-state index contributed by atoms with van der Waals surface area (Å²) >= 11 is 7.15. The summed E-state index contributed by atoms with van der Waals surface area (Å²) < 4.78 is 0. The van der Waals surface area contributed by atoms with E-state index in [9.17, 15) is 0 Å². The summed E-state index contributed by atoms with van der Waals surface area (Å²) in [5.74, 6) is 0. The smallest absolute Gasteiger partial charge is 1.00 e. The van der Waals surface area contributed by atoms with Crippen molar-refractivity contribution in [1.29, 1.82) is 0 Å². The Kier molecular flexibility index (Phi) is 227. The van der Waals surface area contributed by atoms with Gasteiger partial charge in [-0.15, -0.1) is 0 Å². The molecule has 0 saturated carbocycles. The van der Waals surface area contributed by atoms with Crippen LogP contribution in [0.3, 0.4) is 0 Å². The average molecular weight is 897 g/mol. The Labute approximate surface area is 176 Å². The second-order valence-electron chi connectivity index (χ2n) is 0. The van der Waals surface area contributed by atoms with Crippen molar-refractivity contribution in [2.75, 3.05) is 0 Å². The van der Waals surface area contributed by atoms with Gasteiger partial charge in [-0.05, 0) is 0 Å². The Morgan fingerprint density at radius 3 is 1.00 bits per heavy atom. The van der Waals surface area contributed by atoms with E-state index in [4.69, 9.17) is 0 Å². The van der Waals surface area contributed by atoms with Crippen molar-refractivity contribution in [3.05, 3.63) is 0 Å². The zero-order valence-electron chi connectivity index (χ0n) is 4.67. The summed E-state index contributed by atoms with van der Waals surface area (Å²) in [6, 6.07) is 0. The fourth-order valence-electron chi connectivity index (χ4n) is 0. The molecule has 0 fully saturated rings. The largest absolute Gasteiger partial charge is 1.00 e. The van der Waals surface area contributed by atoms with Gasteiger partial charge in [-0.2, -0.15) is 0 Å². The molecule has 0 nitrogen and oxygen atoms in total. The van der Waals surface area contributed by atoms with Crippen LogP contribution in [0.5, 0.6) is 0 Å². The van der Waals surface area contributed by atoms with Gasteiger partial charge in [0.2, 0.25) is 0 Å². The molecule has 0 aromatic carbocycles. The molecule has 8 heteroatoms. The topological polar surface area (TPSA) is 0 Å². The van der Waals surface area contributed by atoms with Crippen LogP contribution < -0.4 is 77.5 Å². The van der Waals surface area contributed by atoms with Crippen LogP contribution in [-0.2, 0) is 20.2 Å². The fraction of sp³-hybridized carbons (Fsp3) is 0. The standard InChI is InChI=1S/4HI.In.Na.Sc.Tl.2H/h4*1H;;;;;;/q;;;;4*+1;;/p-4. The molecule has 0 N–H and O–H groups in total. The predicted molar refractivity (Wildman–Crippen MR) is 42.3 cm³/mol. The average Bonchev–Trinajstić information content (AvgIpc) is 1.50. The van der Waals surface area contributed by atoms with Crippen LogP contribution in [0.15, 0.2) is 0 Å². The van der Waals surface area contributed by atoms with Gasteiger partial charge in [0.1, 0.15) is 0 Å². The van der Waals surface area contributed by atoms with Gasteiger partial charge in [-0.1, -0.05) is 0 Å². The Balaban J connectivity index is -0.00000000167. The normalized spacial score (nSPS) is 1.12. The van der Waals surface area contributed by atoms with E-state index >= 15 is 0 Å². The molecule has 0 aromatic heterocycles. The van der Waals surface area contributed by atoms with E-state index in [1.54, 1.807) is 20.2 Å². The molecule has 40 valence electrons. The van der Waals surface area contributed by atoms with Crippen LogP contribution in [0.2, 0.25) is 0 Å². The Morgan fingerprint density at radius 2 is 1.00 bits per heavy atom. The van der Waals surface area contributed by atoms with Crippen molar-refractivity contribution >= 4 is 83.8 Å². The first kappa shape index (κ1) is 36.5. The van der Waals surface area contributed by atoms with Crippen molar-refractivity contribution in [3.8, 4) is 0 Å². The minimum absolute atomic E-state index is 0. The third kappa shape index (κ3) is 39.0. The molecule has 0 aromatic rings. The minimum Gasteiger partial charge on any atom is 1.00 e. The van der Waals surface area contributed by atoms with Gasteiger partial charge >= 0.3 is 134 Å². The van der Waals surface area contributed by atoms with Crippen LogP contribution in [0.1, 0.15) is 0 Å². The SMILES string of the molecule is [I-].[I-].[InH2][I].[Na+].[Sc][I].[Tl+]. The van der Waals surface area contributed by atoms with E-state index in [1.165, 1.54) is 0 Å². The molecule has 0 radical (unpaired) electrons. The summed E-state index contributed by atoms with van der Waals surface area (Å²) in [6.07, 6.45) is 0. The molecule has 0 bridgehead atoms. The summed E-state index contributed by atoms with van der Waals surface area (Å²) in [5, 5.41) is 0. The predicted octanol–water partition coefficient (Wildman–Crippen LogP) is -8.52. The van der Waals surface area contributed by atoms with Crippen LogP contribution in [0.25, 0.3) is 0 Å². The summed E-state index contributed by atoms with van der Waals surface area (Å²) in [6.45, 7) is 0. The van der Waals surface area contributed by atoms with Crippen LogP contribution >= 0.6 is 36.3 Å². The number of rotatable bonds is 0. The Morgan fingerprint density at radius 1 is 1.00 bits per heavy atom. The number of halogens is 4. The maximum atomic E-state index is 2.36. The van der Waals surface area contributed by atoms with E-state index in [-0.39, 0.29) is 105 Å². The molecule has 0 unspecified atom stereocenters. The van der Waals surface area contributed by atoms with Gasteiger partial charge < -0.3 is 48.0 Å². The minimum atomic E-state index is 0. The Bertz CT molecular complexity index is 16.0. The number of hydrogen-bond donors (Lipinski definition) is 0. The zero-order chi connectivity index (χ0) is 4.00. The van der Waals surface area contributed by atoms with E-state index < -0.39 is 0 Å².